The minimum atomic E-state index is 0.547. The highest BCUT2D eigenvalue weighted by molar-refractivity contribution is 5.76. The predicted molar refractivity (Wildman–Crippen MR) is 78.5 cm³/mol. The van der Waals surface area contributed by atoms with Crippen molar-refractivity contribution in [3.05, 3.63) is 30.0 Å². The Balaban J connectivity index is 2.68. The normalized spacial score (nSPS) is 10.2. The number of nitrogen functional groups attached to an aromatic ring is 1. The molecule has 0 aliphatic heterocycles. The van der Waals surface area contributed by atoms with E-state index in [4.69, 9.17) is 19.9 Å². The van der Waals surface area contributed by atoms with Gasteiger partial charge in [0.2, 0.25) is 5.75 Å². The molecule has 2 N–H and O–H groups in total. The molecular formula is C15H18N2O3. The van der Waals surface area contributed by atoms with Crippen LogP contribution in [0.1, 0.15) is 5.56 Å². The van der Waals surface area contributed by atoms with E-state index in [1.165, 1.54) is 0 Å². The number of anilines is 1. The van der Waals surface area contributed by atoms with Crippen LogP contribution in [-0.4, -0.2) is 26.3 Å². The summed E-state index contributed by atoms with van der Waals surface area (Å²) in [5, 5.41) is 0. The maximum absolute atomic E-state index is 5.74. The van der Waals surface area contributed by atoms with Gasteiger partial charge < -0.3 is 19.9 Å². The van der Waals surface area contributed by atoms with Crippen LogP contribution in [0.2, 0.25) is 0 Å². The summed E-state index contributed by atoms with van der Waals surface area (Å²) in [6.45, 7) is 1.95. The van der Waals surface area contributed by atoms with Crippen LogP contribution < -0.4 is 19.9 Å². The molecule has 5 heteroatoms. The molecule has 0 atom stereocenters. The van der Waals surface area contributed by atoms with Gasteiger partial charge in [-0.15, -0.1) is 0 Å². The maximum atomic E-state index is 5.74. The first-order chi connectivity index (χ1) is 9.62. The molecule has 0 radical (unpaired) electrons. The lowest BCUT2D eigenvalue weighted by molar-refractivity contribution is 0.325. The van der Waals surface area contributed by atoms with Gasteiger partial charge in [-0.2, -0.15) is 0 Å². The van der Waals surface area contributed by atoms with Crippen LogP contribution in [0.4, 0.5) is 5.69 Å². The van der Waals surface area contributed by atoms with Crippen LogP contribution in [0.25, 0.3) is 11.3 Å². The van der Waals surface area contributed by atoms with Gasteiger partial charge in [0.05, 0.1) is 38.9 Å². The largest absolute Gasteiger partial charge is 0.493 e. The number of pyridine rings is 1. The first-order valence-electron chi connectivity index (χ1n) is 6.13. The molecule has 0 bridgehead atoms. The van der Waals surface area contributed by atoms with Crippen LogP contribution in [0.3, 0.4) is 0 Å². The minimum absolute atomic E-state index is 0.547. The number of ether oxygens (including phenoxy) is 3. The number of hydrogen-bond acceptors (Lipinski definition) is 5. The monoisotopic (exact) mass is 274 g/mol. The van der Waals surface area contributed by atoms with E-state index in [1.807, 2.05) is 25.1 Å². The number of nitrogens with zero attached hydrogens (tertiary/aromatic N) is 1. The van der Waals surface area contributed by atoms with Gasteiger partial charge in [-0.05, 0) is 30.7 Å². The summed E-state index contributed by atoms with van der Waals surface area (Å²) < 4.78 is 16.1. The zero-order valence-electron chi connectivity index (χ0n) is 12.1. The average molecular weight is 274 g/mol. The third-order valence-electron chi connectivity index (χ3n) is 3.06. The summed E-state index contributed by atoms with van der Waals surface area (Å²) in [4.78, 5) is 4.39. The van der Waals surface area contributed by atoms with E-state index >= 15 is 0 Å². The van der Waals surface area contributed by atoms with Crippen molar-refractivity contribution in [2.24, 2.45) is 0 Å². The molecule has 106 valence electrons. The summed E-state index contributed by atoms with van der Waals surface area (Å²) in [5.74, 6) is 1.75. The van der Waals surface area contributed by atoms with Gasteiger partial charge in [-0.25, -0.2) is 0 Å². The Bertz CT molecular complexity index is 627. The summed E-state index contributed by atoms with van der Waals surface area (Å²) >= 11 is 0. The van der Waals surface area contributed by atoms with Crippen molar-refractivity contribution in [1.29, 1.82) is 0 Å². The van der Waals surface area contributed by atoms with E-state index in [0.29, 0.717) is 22.9 Å². The van der Waals surface area contributed by atoms with Crippen molar-refractivity contribution in [2.45, 2.75) is 6.92 Å². The number of aryl methyl sites for hydroxylation is 1. The zero-order chi connectivity index (χ0) is 14.7. The topological polar surface area (TPSA) is 66.6 Å². The number of nitrogens with two attached hydrogens (primary N) is 1. The summed E-state index contributed by atoms with van der Waals surface area (Å²) in [6.07, 6.45) is 1.62. The lowest BCUT2D eigenvalue weighted by Crippen LogP contribution is -1.99. The third kappa shape index (κ3) is 2.34. The Morgan fingerprint density at radius 2 is 1.70 bits per heavy atom. The van der Waals surface area contributed by atoms with Gasteiger partial charge in [-0.3, -0.25) is 4.98 Å². The van der Waals surface area contributed by atoms with Crippen molar-refractivity contribution in [1.82, 2.24) is 4.98 Å². The van der Waals surface area contributed by atoms with Crippen LogP contribution in [0.5, 0.6) is 17.2 Å². The second-order valence-electron chi connectivity index (χ2n) is 4.32. The Labute approximate surface area is 118 Å². The fourth-order valence-corrected chi connectivity index (χ4v) is 2.17. The molecule has 20 heavy (non-hydrogen) atoms. The molecule has 2 rings (SSSR count). The van der Waals surface area contributed by atoms with Crippen molar-refractivity contribution >= 4 is 5.69 Å². The van der Waals surface area contributed by atoms with Crippen molar-refractivity contribution in [3.8, 4) is 28.5 Å². The molecule has 0 saturated heterocycles. The minimum Gasteiger partial charge on any atom is -0.493 e. The molecule has 0 saturated carbocycles. The molecule has 0 aliphatic carbocycles. The van der Waals surface area contributed by atoms with Gasteiger partial charge in [0.15, 0.2) is 11.5 Å². The predicted octanol–water partition coefficient (Wildman–Crippen LogP) is 2.67. The molecule has 5 nitrogen and oxygen atoms in total. The van der Waals surface area contributed by atoms with Crippen molar-refractivity contribution in [3.63, 3.8) is 0 Å². The van der Waals surface area contributed by atoms with Crippen molar-refractivity contribution < 1.29 is 14.2 Å². The standard InChI is InChI=1S/C15H18N2O3/c1-9-7-10(16)8-17-13(9)11-5-6-12(18-2)15(20-4)14(11)19-3/h5-8H,16H2,1-4H3. The fourth-order valence-electron chi connectivity index (χ4n) is 2.17. The molecule has 0 spiro atoms. The molecule has 0 amide bonds. The molecule has 1 aromatic heterocycles. The lowest BCUT2D eigenvalue weighted by Gasteiger charge is -2.16. The van der Waals surface area contributed by atoms with Gasteiger partial charge in [0.25, 0.3) is 0 Å². The molecular weight excluding hydrogens is 256 g/mol. The van der Waals surface area contributed by atoms with E-state index in [0.717, 1.165) is 16.8 Å². The highest BCUT2D eigenvalue weighted by Crippen LogP contribution is 2.44. The first-order valence-corrected chi connectivity index (χ1v) is 6.13. The Morgan fingerprint density at radius 3 is 2.25 bits per heavy atom. The number of benzene rings is 1. The molecule has 1 heterocycles. The van der Waals surface area contributed by atoms with Gasteiger partial charge in [0.1, 0.15) is 0 Å². The van der Waals surface area contributed by atoms with E-state index < -0.39 is 0 Å². The Hall–Kier alpha value is -2.43. The van der Waals surface area contributed by atoms with Crippen LogP contribution >= 0.6 is 0 Å². The number of rotatable bonds is 4. The maximum Gasteiger partial charge on any atom is 0.203 e. The summed E-state index contributed by atoms with van der Waals surface area (Å²) in [7, 11) is 4.75. The van der Waals surface area contributed by atoms with Gasteiger partial charge in [0, 0.05) is 5.56 Å². The average Bonchev–Trinajstić information content (AvgIpc) is 2.45. The lowest BCUT2D eigenvalue weighted by atomic mass is 10.0. The van der Waals surface area contributed by atoms with Crippen LogP contribution in [0, 0.1) is 6.92 Å². The molecule has 2 aromatic rings. The molecule has 0 unspecified atom stereocenters. The highest BCUT2D eigenvalue weighted by Gasteiger charge is 2.18. The Morgan fingerprint density at radius 1 is 1.00 bits per heavy atom. The molecule has 0 fully saturated rings. The van der Waals surface area contributed by atoms with E-state index in [9.17, 15) is 0 Å². The number of aromatic nitrogens is 1. The van der Waals surface area contributed by atoms with E-state index in [-0.39, 0.29) is 0 Å². The van der Waals surface area contributed by atoms with Gasteiger partial charge in [-0.1, -0.05) is 0 Å². The van der Waals surface area contributed by atoms with Crippen LogP contribution in [0.15, 0.2) is 24.4 Å². The van der Waals surface area contributed by atoms with Crippen LogP contribution in [-0.2, 0) is 0 Å². The highest BCUT2D eigenvalue weighted by atomic mass is 16.5. The smallest absolute Gasteiger partial charge is 0.203 e. The number of hydrogen-bond donors (Lipinski definition) is 1. The zero-order valence-corrected chi connectivity index (χ0v) is 12.1. The summed E-state index contributed by atoms with van der Waals surface area (Å²) in [5.41, 5.74) is 8.98. The summed E-state index contributed by atoms with van der Waals surface area (Å²) in [6, 6.07) is 5.60. The quantitative estimate of drug-likeness (QED) is 0.928. The molecule has 0 aliphatic rings. The second-order valence-corrected chi connectivity index (χ2v) is 4.32. The second kappa shape index (κ2) is 5.69. The third-order valence-corrected chi connectivity index (χ3v) is 3.06. The first kappa shape index (κ1) is 14.0. The van der Waals surface area contributed by atoms with E-state index in [1.54, 1.807) is 27.5 Å². The number of methoxy groups -OCH3 is 3. The SMILES string of the molecule is COc1ccc(-c2ncc(N)cc2C)c(OC)c1OC. The van der Waals surface area contributed by atoms with Crippen molar-refractivity contribution in [2.75, 3.05) is 27.1 Å². The Kier molecular flexibility index (Phi) is 3.98. The fraction of sp³-hybridized carbons (Fsp3) is 0.267. The van der Waals surface area contributed by atoms with E-state index in [2.05, 4.69) is 4.98 Å². The van der Waals surface area contributed by atoms with Gasteiger partial charge >= 0.3 is 0 Å². The molecule has 1 aromatic carbocycles.